The average molecular weight is 314 g/mol. The first-order valence-electron chi connectivity index (χ1n) is 7.50. The quantitative estimate of drug-likeness (QED) is 0.855. The fraction of sp³-hybridized carbons (Fsp3) is 0.400. The highest BCUT2D eigenvalue weighted by Crippen LogP contribution is 2.17. The summed E-state index contributed by atoms with van der Waals surface area (Å²) in [6.07, 6.45) is 4.98. The highest BCUT2D eigenvalue weighted by atomic mass is 16.4. The van der Waals surface area contributed by atoms with E-state index in [9.17, 15) is 4.79 Å². The molecule has 0 spiro atoms. The molecule has 2 aromatic rings. The first kappa shape index (κ1) is 15.1. The maximum absolute atomic E-state index is 10.7. The van der Waals surface area contributed by atoms with Crippen molar-refractivity contribution >= 4 is 17.7 Å². The van der Waals surface area contributed by atoms with Crippen molar-refractivity contribution in [2.75, 3.05) is 23.3 Å². The van der Waals surface area contributed by atoms with Crippen molar-refractivity contribution in [1.29, 1.82) is 0 Å². The molecule has 23 heavy (non-hydrogen) atoms. The van der Waals surface area contributed by atoms with Gasteiger partial charge in [-0.05, 0) is 25.8 Å². The highest BCUT2D eigenvalue weighted by Gasteiger charge is 2.16. The molecule has 3 heterocycles. The number of rotatable bonds is 5. The van der Waals surface area contributed by atoms with Gasteiger partial charge in [-0.1, -0.05) is 0 Å². The number of nitrogens with zero attached hydrogens (tertiary/aromatic N) is 5. The van der Waals surface area contributed by atoms with E-state index in [1.54, 1.807) is 0 Å². The summed E-state index contributed by atoms with van der Waals surface area (Å²) < 4.78 is 0. The molecule has 3 rings (SSSR count). The Morgan fingerprint density at radius 2 is 2.04 bits per heavy atom. The van der Waals surface area contributed by atoms with Gasteiger partial charge < -0.3 is 15.3 Å². The lowest BCUT2D eigenvalue weighted by Crippen LogP contribution is -2.21. The zero-order valence-corrected chi connectivity index (χ0v) is 12.9. The van der Waals surface area contributed by atoms with E-state index in [0.717, 1.165) is 30.4 Å². The maximum Gasteiger partial charge on any atom is 0.356 e. The van der Waals surface area contributed by atoms with E-state index in [2.05, 4.69) is 30.2 Å². The van der Waals surface area contributed by atoms with Gasteiger partial charge in [-0.25, -0.2) is 24.7 Å². The van der Waals surface area contributed by atoms with Gasteiger partial charge >= 0.3 is 5.97 Å². The van der Waals surface area contributed by atoms with Crippen molar-refractivity contribution < 1.29 is 9.90 Å². The molecule has 2 aromatic heterocycles. The molecule has 0 unspecified atom stereocenters. The van der Waals surface area contributed by atoms with E-state index in [4.69, 9.17) is 5.11 Å². The van der Waals surface area contributed by atoms with Crippen LogP contribution in [0.1, 0.15) is 34.7 Å². The molecule has 0 atom stereocenters. The van der Waals surface area contributed by atoms with Crippen LogP contribution in [0.15, 0.2) is 18.5 Å². The van der Waals surface area contributed by atoms with Crippen molar-refractivity contribution in [1.82, 2.24) is 19.9 Å². The van der Waals surface area contributed by atoms with Gasteiger partial charge in [0.2, 0.25) is 5.95 Å². The summed E-state index contributed by atoms with van der Waals surface area (Å²) in [6.45, 7) is 4.43. The van der Waals surface area contributed by atoms with Crippen LogP contribution in [0.3, 0.4) is 0 Å². The van der Waals surface area contributed by atoms with Crippen LogP contribution in [0.2, 0.25) is 0 Å². The summed E-state index contributed by atoms with van der Waals surface area (Å²) in [5.74, 6) is 0.186. The van der Waals surface area contributed by atoms with Crippen LogP contribution in [0.25, 0.3) is 0 Å². The summed E-state index contributed by atoms with van der Waals surface area (Å²) in [5, 5.41) is 11.9. The Labute approximate surface area is 133 Å². The molecule has 1 saturated heterocycles. The van der Waals surface area contributed by atoms with E-state index >= 15 is 0 Å². The number of hydrogen-bond acceptors (Lipinski definition) is 7. The molecule has 1 fully saturated rings. The Kier molecular flexibility index (Phi) is 4.31. The molecule has 0 aliphatic carbocycles. The van der Waals surface area contributed by atoms with Crippen LogP contribution in [0.5, 0.6) is 0 Å². The minimum atomic E-state index is -1.09. The van der Waals surface area contributed by atoms with Crippen LogP contribution in [0.4, 0.5) is 11.8 Å². The molecule has 0 bridgehead atoms. The van der Waals surface area contributed by atoms with Crippen LogP contribution < -0.4 is 10.2 Å². The SMILES string of the molecule is Cc1cc(CNc2cnc(C(=O)O)cn2)nc(N2CCCC2)n1. The molecule has 1 aliphatic heterocycles. The molecule has 2 N–H and O–H groups in total. The molecule has 8 nitrogen and oxygen atoms in total. The van der Waals surface area contributed by atoms with Crippen LogP contribution in [0, 0.1) is 6.92 Å². The van der Waals surface area contributed by atoms with Gasteiger partial charge in [0.1, 0.15) is 5.82 Å². The molecule has 0 amide bonds. The summed E-state index contributed by atoms with van der Waals surface area (Å²) in [5.41, 5.74) is 1.71. The second-order valence-corrected chi connectivity index (χ2v) is 5.44. The first-order valence-corrected chi connectivity index (χ1v) is 7.50. The highest BCUT2D eigenvalue weighted by molar-refractivity contribution is 5.84. The number of carboxylic acids is 1. The molecule has 120 valence electrons. The van der Waals surface area contributed by atoms with Crippen molar-refractivity contribution in [2.24, 2.45) is 0 Å². The second kappa shape index (κ2) is 6.55. The molecule has 0 aromatic carbocycles. The molecular formula is C15H18N6O2. The fourth-order valence-electron chi connectivity index (χ4n) is 2.48. The van der Waals surface area contributed by atoms with Gasteiger partial charge in [0.25, 0.3) is 0 Å². The third-order valence-corrected chi connectivity index (χ3v) is 3.61. The number of aromatic carboxylic acids is 1. The maximum atomic E-state index is 10.7. The number of anilines is 2. The minimum absolute atomic E-state index is 0.0789. The first-order chi connectivity index (χ1) is 11.1. The monoisotopic (exact) mass is 314 g/mol. The van der Waals surface area contributed by atoms with E-state index < -0.39 is 5.97 Å². The zero-order chi connectivity index (χ0) is 16.2. The fourth-order valence-corrected chi connectivity index (χ4v) is 2.48. The Balaban J connectivity index is 1.68. The third-order valence-electron chi connectivity index (χ3n) is 3.61. The van der Waals surface area contributed by atoms with Crippen LogP contribution in [-0.4, -0.2) is 44.1 Å². The topological polar surface area (TPSA) is 104 Å². The van der Waals surface area contributed by atoms with Crippen molar-refractivity contribution in [3.05, 3.63) is 35.5 Å². The Morgan fingerprint density at radius 3 is 2.70 bits per heavy atom. The van der Waals surface area contributed by atoms with Gasteiger partial charge in [0.05, 0.1) is 24.6 Å². The summed E-state index contributed by atoms with van der Waals surface area (Å²) in [6, 6.07) is 1.92. The predicted molar refractivity (Wildman–Crippen MR) is 84.5 cm³/mol. The van der Waals surface area contributed by atoms with E-state index in [1.807, 2.05) is 13.0 Å². The summed E-state index contributed by atoms with van der Waals surface area (Å²) in [7, 11) is 0. The van der Waals surface area contributed by atoms with E-state index in [-0.39, 0.29) is 5.69 Å². The van der Waals surface area contributed by atoms with Gasteiger partial charge in [-0.15, -0.1) is 0 Å². The number of hydrogen-bond donors (Lipinski definition) is 2. The smallest absolute Gasteiger partial charge is 0.356 e. The Bertz CT molecular complexity index is 698. The zero-order valence-electron chi connectivity index (χ0n) is 12.9. The van der Waals surface area contributed by atoms with Gasteiger partial charge in [0, 0.05) is 18.8 Å². The van der Waals surface area contributed by atoms with Crippen molar-refractivity contribution in [3.63, 3.8) is 0 Å². The number of carboxylic acid groups (broad SMARTS) is 1. The lowest BCUT2D eigenvalue weighted by molar-refractivity contribution is 0.0690. The largest absolute Gasteiger partial charge is 0.476 e. The average Bonchev–Trinajstić information content (AvgIpc) is 3.07. The molecule has 0 radical (unpaired) electrons. The number of nitrogens with one attached hydrogen (secondary N) is 1. The molecule has 0 saturated carbocycles. The third kappa shape index (κ3) is 3.71. The van der Waals surface area contributed by atoms with Gasteiger partial charge in [-0.2, -0.15) is 0 Å². The van der Waals surface area contributed by atoms with Gasteiger partial charge in [0.15, 0.2) is 5.69 Å². The van der Waals surface area contributed by atoms with E-state index in [1.165, 1.54) is 25.2 Å². The number of aryl methyl sites for hydroxylation is 1. The Hall–Kier alpha value is -2.77. The second-order valence-electron chi connectivity index (χ2n) is 5.44. The van der Waals surface area contributed by atoms with Gasteiger partial charge in [-0.3, -0.25) is 0 Å². The number of carbonyl (C=O) groups is 1. The minimum Gasteiger partial charge on any atom is -0.476 e. The lowest BCUT2D eigenvalue weighted by Gasteiger charge is -2.16. The normalized spacial score (nSPS) is 14.0. The Morgan fingerprint density at radius 1 is 1.26 bits per heavy atom. The van der Waals surface area contributed by atoms with Crippen LogP contribution in [-0.2, 0) is 6.54 Å². The summed E-state index contributed by atoms with van der Waals surface area (Å²) >= 11 is 0. The molecular weight excluding hydrogens is 296 g/mol. The van der Waals surface area contributed by atoms with E-state index in [0.29, 0.717) is 12.4 Å². The van der Waals surface area contributed by atoms with Crippen molar-refractivity contribution in [3.8, 4) is 0 Å². The molecule has 1 aliphatic rings. The van der Waals surface area contributed by atoms with Crippen LogP contribution >= 0.6 is 0 Å². The predicted octanol–water partition coefficient (Wildman–Crippen LogP) is 1.49. The molecule has 8 heteroatoms. The summed E-state index contributed by atoms with van der Waals surface area (Å²) in [4.78, 5) is 29.9. The standard InChI is InChI=1S/C15H18N6O2/c1-10-6-11(20-15(19-10)21-4-2-3-5-21)7-17-13-9-16-12(8-18-13)14(22)23/h6,8-9H,2-5,7H2,1H3,(H,17,18)(H,22,23). The lowest BCUT2D eigenvalue weighted by atomic mass is 10.3. The van der Waals surface area contributed by atoms with Crippen molar-refractivity contribution in [2.45, 2.75) is 26.3 Å². The number of aromatic nitrogens is 4.